The molecule has 1 aliphatic rings. The Bertz CT molecular complexity index is 309. The zero-order valence-corrected chi connectivity index (χ0v) is 10.1. The number of nitrogens with one attached hydrogen (secondary N) is 2. The van der Waals surface area contributed by atoms with Gasteiger partial charge < -0.3 is 4.74 Å². The molecular formula is C11H18N2O4. The van der Waals surface area contributed by atoms with Gasteiger partial charge in [-0.25, -0.2) is 0 Å². The normalized spacial score (nSPS) is 23.6. The summed E-state index contributed by atoms with van der Waals surface area (Å²) in [5.74, 6) is -0.927. The summed E-state index contributed by atoms with van der Waals surface area (Å²) in [5, 5.41) is 0. The van der Waals surface area contributed by atoms with Crippen LogP contribution in [0.4, 0.5) is 0 Å². The predicted molar refractivity (Wildman–Crippen MR) is 59.4 cm³/mol. The molecule has 1 rings (SSSR count). The van der Waals surface area contributed by atoms with Crippen molar-refractivity contribution in [2.75, 3.05) is 7.11 Å². The van der Waals surface area contributed by atoms with Gasteiger partial charge in [0.05, 0.1) is 13.0 Å². The van der Waals surface area contributed by atoms with Crippen molar-refractivity contribution in [2.24, 2.45) is 11.8 Å². The monoisotopic (exact) mass is 242 g/mol. The van der Waals surface area contributed by atoms with Crippen LogP contribution in [-0.4, -0.2) is 24.9 Å². The highest BCUT2D eigenvalue weighted by Crippen LogP contribution is 2.29. The summed E-state index contributed by atoms with van der Waals surface area (Å²) in [5.41, 5.74) is 4.61. The van der Waals surface area contributed by atoms with E-state index in [2.05, 4.69) is 15.6 Å². The maximum absolute atomic E-state index is 11.6. The van der Waals surface area contributed by atoms with Crippen molar-refractivity contribution in [3.8, 4) is 0 Å². The van der Waals surface area contributed by atoms with Crippen LogP contribution in [0.2, 0.25) is 0 Å². The lowest BCUT2D eigenvalue weighted by Crippen LogP contribution is -2.44. The number of hydrazine groups is 1. The van der Waals surface area contributed by atoms with E-state index >= 15 is 0 Å². The van der Waals surface area contributed by atoms with Gasteiger partial charge in [-0.05, 0) is 25.7 Å². The molecule has 0 aliphatic heterocycles. The summed E-state index contributed by atoms with van der Waals surface area (Å²) in [7, 11) is 1.37. The standard InChI is InChI=1S/C11H18N2O4/c1-7(14)12-13-10(15)8-3-5-9(6-4-8)11(16)17-2/h8-9H,3-6H2,1-2H3,(H,12,14)(H,13,15)/t8-,9-. The quantitative estimate of drug-likeness (QED) is 0.532. The number of hydrogen-bond donors (Lipinski definition) is 2. The molecule has 17 heavy (non-hydrogen) atoms. The molecule has 0 heterocycles. The number of carbonyl (C=O) groups excluding carboxylic acids is 3. The van der Waals surface area contributed by atoms with Gasteiger partial charge in [-0.1, -0.05) is 0 Å². The summed E-state index contributed by atoms with van der Waals surface area (Å²) in [6.45, 7) is 1.33. The Labute approximate surface area is 100 Å². The summed E-state index contributed by atoms with van der Waals surface area (Å²) in [6.07, 6.45) is 2.60. The predicted octanol–water partition coefficient (Wildman–Crippen LogP) is 0.133. The smallest absolute Gasteiger partial charge is 0.308 e. The van der Waals surface area contributed by atoms with Gasteiger partial charge in [0.25, 0.3) is 0 Å². The molecule has 6 heteroatoms. The van der Waals surface area contributed by atoms with Gasteiger partial charge in [0.2, 0.25) is 11.8 Å². The topological polar surface area (TPSA) is 84.5 Å². The van der Waals surface area contributed by atoms with Crippen LogP contribution < -0.4 is 10.9 Å². The Morgan fingerprint density at radius 3 is 2.00 bits per heavy atom. The van der Waals surface area contributed by atoms with Gasteiger partial charge in [0.15, 0.2) is 0 Å². The number of ether oxygens (including phenoxy) is 1. The molecule has 1 fully saturated rings. The second-order valence-corrected chi connectivity index (χ2v) is 4.24. The van der Waals surface area contributed by atoms with Crippen molar-refractivity contribution in [3.63, 3.8) is 0 Å². The van der Waals surface area contributed by atoms with E-state index in [1.807, 2.05) is 0 Å². The number of rotatable bonds is 2. The maximum Gasteiger partial charge on any atom is 0.308 e. The first-order chi connectivity index (χ1) is 8.04. The highest BCUT2D eigenvalue weighted by atomic mass is 16.5. The lowest BCUT2D eigenvalue weighted by molar-refractivity contribution is -0.147. The van der Waals surface area contributed by atoms with E-state index in [0.717, 1.165) is 0 Å². The highest BCUT2D eigenvalue weighted by molar-refractivity contribution is 5.82. The summed E-state index contributed by atoms with van der Waals surface area (Å²) < 4.78 is 4.67. The zero-order valence-electron chi connectivity index (χ0n) is 10.1. The largest absolute Gasteiger partial charge is 0.469 e. The molecule has 0 unspecified atom stereocenters. The molecule has 6 nitrogen and oxygen atoms in total. The van der Waals surface area contributed by atoms with E-state index in [-0.39, 0.29) is 29.6 Å². The highest BCUT2D eigenvalue weighted by Gasteiger charge is 2.30. The first-order valence-corrected chi connectivity index (χ1v) is 5.69. The van der Waals surface area contributed by atoms with Crippen LogP contribution in [0.5, 0.6) is 0 Å². The molecule has 0 bridgehead atoms. The molecule has 0 aromatic rings. The molecule has 2 N–H and O–H groups in total. The van der Waals surface area contributed by atoms with E-state index in [4.69, 9.17) is 0 Å². The zero-order chi connectivity index (χ0) is 12.8. The second kappa shape index (κ2) is 6.22. The summed E-state index contributed by atoms with van der Waals surface area (Å²) in [4.78, 5) is 33.5. The summed E-state index contributed by atoms with van der Waals surface area (Å²) >= 11 is 0. The first kappa shape index (κ1) is 13.5. The average molecular weight is 242 g/mol. The molecule has 0 atom stereocenters. The average Bonchev–Trinajstić information content (AvgIpc) is 2.35. The second-order valence-electron chi connectivity index (χ2n) is 4.24. The van der Waals surface area contributed by atoms with Gasteiger partial charge in [-0.15, -0.1) is 0 Å². The molecule has 96 valence electrons. The van der Waals surface area contributed by atoms with Gasteiger partial charge in [0, 0.05) is 12.8 Å². The molecule has 2 amide bonds. The van der Waals surface area contributed by atoms with Crippen LogP contribution in [0.15, 0.2) is 0 Å². The van der Waals surface area contributed by atoms with E-state index < -0.39 is 0 Å². The number of hydrogen-bond acceptors (Lipinski definition) is 4. The minimum atomic E-state index is -0.304. The number of carbonyl (C=O) groups is 3. The van der Waals surface area contributed by atoms with E-state index in [1.165, 1.54) is 14.0 Å². The molecule has 0 spiro atoms. The van der Waals surface area contributed by atoms with Crippen LogP contribution >= 0.6 is 0 Å². The fourth-order valence-electron chi connectivity index (χ4n) is 2.01. The molecule has 0 saturated heterocycles. The molecule has 0 aromatic heterocycles. The van der Waals surface area contributed by atoms with E-state index in [9.17, 15) is 14.4 Å². The van der Waals surface area contributed by atoms with Crippen LogP contribution in [0, 0.1) is 11.8 Å². The third kappa shape index (κ3) is 4.05. The maximum atomic E-state index is 11.6. The molecular weight excluding hydrogens is 224 g/mol. The van der Waals surface area contributed by atoms with E-state index in [1.54, 1.807) is 0 Å². The summed E-state index contributed by atoms with van der Waals surface area (Å²) in [6, 6.07) is 0. The fraction of sp³-hybridized carbons (Fsp3) is 0.727. The third-order valence-corrected chi connectivity index (χ3v) is 2.99. The molecule has 1 aliphatic carbocycles. The molecule has 0 radical (unpaired) electrons. The Balaban J connectivity index is 2.33. The van der Waals surface area contributed by atoms with Crippen molar-refractivity contribution in [3.05, 3.63) is 0 Å². The van der Waals surface area contributed by atoms with Crippen LogP contribution in [-0.2, 0) is 19.1 Å². The number of methoxy groups -OCH3 is 1. The van der Waals surface area contributed by atoms with E-state index in [0.29, 0.717) is 25.7 Å². The molecule has 0 aromatic carbocycles. The lowest BCUT2D eigenvalue weighted by atomic mass is 9.82. The van der Waals surface area contributed by atoms with Crippen molar-refractivity contribution in [2.45, 2.75) is 32.6 Å². The Morgan fingerprint density at radius 2 is 1.53 bits per heavy atom. The minimum absolute atomic E-state index is 0.0928. The number of amides is 2. The SMILES string of the molecule is COC(=O)[C@H]1CC[C@H](C(=O)NNC(C)=O)CC1. The van der Waals surface area contributed by atoms with Crippen molar-refractivity contribution < 1.29 is 19.1 Å². The van der Waals surface area contributed by atoms with Crippen molar-refractivity contribution in [1.29, 1.82) is 0 Å². The van der Waals surface area contributed by atoms with Crippen LogP contribution in [0.25, 0.3) is 0 Å². The minimum Gasteiger partial charge on any atom is -0.469 e. The Kier molecular flexibility index (Phi) is 4.93. The van der Waals surface area contributed by atoms with Crippen LogP contribution in [0.3, 0.4) is 0 Å². The van der Waals surface area contributed by atoms with Crippen LogP contribution in [0.1, 0.15) is 32.6 Å². The van der Waals surface area contributed by atoms with Gasteiger partial charge in [-0.2, -0.15) is 0 Å². The molecule has 1 saturated carbocycles. The van der Waals surface area contributed by atoms with Gasteiger partial charge >= 0.3 is 5.97 Å². The van der Waals surface area contributed by atoms with Gasteiger partial charge in [0.1, 0.15) is 0 Å². The third-order valence-electron chi connectivity index (χ3n) is 2.99. The fourth-order valence-corrected chi connectivity index (χ4v) is 2.01. The van der Waals surface area contributed by atoms with Gasteiger partial charge in [-0.3, -0.25) is 25.2 Å². The Hall–Kier alpha value is -1.59. The van der Waals surface area contributed by atoms with Crippen molar-refractivity contribution >= 4 is 17.8 Å². The lowest BCUT2D eigenvalue weighted by Gasteiger charge is -2.25. The first-order valence-electron chi connectivity index (χ1n) is 5.69. The number of esters is 1. The Morgan fingerprint density at radius 1 is 1.00 bits per heavy atom. The van der Waals surface area contributed by atoms with Crippen molar-refractivity contribution in [1.82, 2.24) is 10.9 Å².